The second kappa shape index (κ2) is 7.24. The number of hydrogen-bond acceptors (Lipinski definition) is 9. The second-order valence-corrected chi connectivity index (χ2v) is 8.23. The third kappa shape index (κ3) is 4.07. The number of methoxy groups -OCH3 is 1. The van der Waals surface area contributed by atoms with Crippen LogP contribution in [0.25, 0.3) is 0 Å². The number of rotatable bonds is 5. The van der Waals surface area contributed by atoms with Crippen molar-refractivity contribution in [1.82, 2.24) is 15.2 Å². The van der Waals surface area contributed by atoms with E-state index in [4.69, 9.17) is 0 Å². The van der Waals surface area contributed by atoms with Crippen LogP contribution in [-0.4, -0.2) is 61.3 Å². The van der Waals surface area contributed by atoms with Crippen LogP contribution in [0.2, 0.25) is 0 Å². The van der Waals surface area contributed by atoms with E-state index in [9.17, 15) is 13.2 Å². The molecular formula is C16H19N5O4S. The summed E-state index contributed by atoms with van der Waals surface area (Å²) >= 11 is 0. The number of esters is 1. The lowest BCUT2D eigenvalue weighted by atomic mass is 10.2. The summed E-state index contributed by atoms with van der Waals surface area (Å²) in [5, 5.41) is 11.0. The fourth-order valence-corrected chi connectivity index (χ4v) is 4.48. The molecule has 3 rings (SSSR count). The number of benzene rings is 1. The van der Waals surface area contributed by atoms with Gasteiger partial charge in [0.1, 0.15) is 0 Å². The summed E-state index contributed by atoms with van der Waals surface area (Å²) in [4.78, 5) is 17.6. The first-order valence-corrected chi connectivity index (χ1v) is 9.78. The summed E-state index contributed by atoms with van der Waals surface area (Å²) in [6.07, 6.45) is 2.02. The maximum atomic E-state index is 11.7. The van der Waals surface area contributed by atoms with Gasteiger partial charge in [0, 0.05) is 18.8 Å². The Kier molecular flexibility index (Phi) is 5.03. The van der Waals surface area contributed by atoms with E-state index in [0.717, 1.165) is 5.69 Å². The monoisotopic (exact) mass is 377 g/mol. The Hall–Kier alpha value is -2.75. The average Bonchev–Trinajstić information content (AvgIpc) is 3.01. The first-order valence-electron chi connectivity index (χ1n) is 7.96. The minimum absolute atomic E-state index is 0.0967. The molecule has 1 aromatic carbocycles. The van der Waals surface area contributed by atoms with Crippen LogP contribution in [0.1, 0.15) is 16.8 Å². The van der Waals surface area contributed by atoms with E-state index in [1.165, 1.54) is 13.3 Å². The largest absolute Gasteiger partial charge is 0.465 e. The van der Waals surface area contributed by atoms with E-state index in [0.29, 0.717) is 23.8 Å². The Morgan fingerprint density at radius 2 is 2.04 bits per heavy atom. The van der Waals surface area contributed by atoms with Crippen molar-refractivity contribution in [3.8, 4) is 0 Å². The fourth-order valence-electron chi connectivity index (χ4n) is 2.70. The highest BCUT2D eigenvalue weighted by atomic mass is 32.2. The molecule has 0 aliphatic carbocycles. The molecule has 1 aliphatic heterocycles. The van der Waals surface area contributed by atoms with Gasteiger partial charge in [-0.2, -0.15) is 10.1 Å². The first-order chi connectivity index (χ1) is 12.4. The molecule has 0 spiro atoms. The van der Waals surface area contributed by atoms with Gasteiger partial charge in [-0.05, 0) is 30.7 Å². The zero-order valence-corrected chi connectivity index (χ0v) is 15.2. The zero-order valence-electron chi connectivity index (χ0n) is 14.4. The van der Waals surface area contributed by atoms with Gasteiger partial charge < -0.3 is 15.0 Å². The summed E-state index contributed by atoms with van der Waals surface area (Å²) < 4.78 is 28.0. The minimum Gasteiger partial charge on any atom is -0.465 e. The van der Waals surface area contributed by atoms with Crippen molar-refractivity contribution in [2.75, 3.05) is 35.9 Å². The molecule has 1 fully saturated rings. The van der Waals surface area contributed by atoms with Crippen molar-refractivity contribution in [3.63, 3.8) is 0 Å². The van der Waals surface area contributed by atoms with Crippen molar-refractivity contribution in [3.05, 3.63) is 36.0 Å². The van der Waals surface area contributed by atoms with Crippen molar-refractivity contribution in [2.45, 2.75) is 12.5 Å². The SMILES string of the molecule is COC(=O)c1ccc(Nc2cnnc(N(C)C3CCS(=O)(=O)C3)n2)cc1. The van der Waals surface area contributed by atoms with Crippen LogP contribution >= 0.6 is 0 Å². The molecule has 1 saturated heterocycles. The molecule has 0 bridgehead atoms. The molecule has 2 aromatic rings. The predicted molar refractivity (Wildman–Crippen MR) is 96.4 cm³/mol. The maximum absolute atomic E-state index is 11.7. The molecule has 1 aromatic heterocycles. The number of nitrogens with one attached hydrogen (secondary N) is 1. The summed E-state index contributed by atoms with van der Waals surface area (Å²) in [7, 11) is 0.0978. The molecule has 0 amide bonds. The van der Waals surface area contributed by atoms with Crippen LogP contribution in [0, 0.1) is 0 Å². The molecule has 0 saturated carbocycles. The molecule has 10 heteroatoms. The fraction of sp³-hybridized carbons (Fsp3) is 0.375. The van der Waals surface area contributed by atoms with Crippen LogP contribution in [0.3, 0.4) is 0 Å². The van der Waals surface area contributed by atoms with Crippen LogP contribution in [0.4, 0.5) is 17.5 Å². The van der Waals surface area contributed by atoms with E-state index in [2.05, 4.69) is 25.2 Å². The Balaban J connectivity index is 1.72. The second-order valence-electron chi connectivity index (χ2n) is 6.00. The van der Waals surface area contributed by atoms with Crippen molar-refractivity contribution in [2.24, 2.45) is 0 Å². The van der Waals surface area contributed by atoms with Gasteiger partial charge >= 0.3 is 5.97 Å². The number of carbonyl (C=O) groups is 1. The topological polar surface area (TPSA) is 114 Å². The highest BCUT2D eigenvalue weighted by Crippen LogP contribution is 2.21. The molecule has 1 N–H and O–H groups in total. The van der Waals surface area contributed by atoms with Crippen LogP contribution in [0.15, 0.2) is 30.5 Å². The molecular weight excluding hydrogens is 358 g/mol. The molecule has 1 atom stereocenters. The Morgan fingerprint density at radius 1 is 1.31 bits per heavy atom. The number of nitrogens with zero attached hydrogens (tertiary/aromatic N) is 4. The summed E-state index contributed by atoms with van der Waals surface area (Å²) in [6.45, 7) is 0. The lowest BCUT2D eigenvalue weighted by Gasteiger charge is -2.22. The Bertz CT molecular complexity index is 901. The third-order valence-electron chi connectivity index (χ3n) is 4.20. The molecule has 138 valence electrons. The summed E-state index contributed by atoms with van der Waals surface area (Å²) in [5.74, 6) is 0.687. The van der Waals surface area contributed by atoms with Gasteiger partial charge in [0.15, 0.2) is 15.7 Å². The van der Waals surface area contributed by atoms with Gasteiger partial charge in [-0.1, -0.05) is 0 Å². The normalized spacial score (nSPS) is 18.3. The van der Waals surface area contributed by atoms with Crippen molar-refractivity contribution in [1.29, 1.82) is 0 Å². The Labute approximate surface area is 151 Å². The molecule has 0 radical (unpaired) electrons. The number of carbonyl (C=O) groups excluding carboxylic acids is 1. The van der Waals surface area contributed by atoms with Gasteiger partial charge in [-0.15, -0.1) is 5.10 Å². The molecule has 2 heterocycles. The molecule has 9 nitrogen and oxygen atoms in total. The first kappa shape index (κ1) is 18.1. The highest BCUT2D eigenvalue weighted by Gasteiger charge is 2.31. The van der Waals surface area contributed by atoms with Gasteiger partial charge in [-0.3, -0.25) is 0 Å². The van der Waals surface area contributed by atoms with E-state index in [1.54, 1.807) is 36.2 Å². The molecule has 26 heavy (non-hydrogen) atoms. The lowest BCUT2D eigenvalue weighted by molar-refractivity contribution is 0.0600. The number of sulfone groups is 1. The summed E-state index contributed by atoms with van der Waals surface area (Å²) in [6, 6.07) is 6.57. The van der Waals surface area contributed by atoms with Crippen molar-refractivity contribution < 1.29 is 17.9 Å². The highest BCUT2D eigenvalue weighted by molar-refractivity contribution is 7.91. The molecule has 1 aliphatic rings. The number of anilines is 3. The number of aromatic nitrogens is 3. The van der Waals surface area contributed by atoms with Crippen LogP contribution in [0.5, 0.6) is 0 Å². The van der Waals surface area contributed by atoms with Crippen LogP contribution in [-0.2, 0) is 14.6 Å². The van der Waals surface area contributed by atoms with Gasteiger partial charge in [0.2, 0.25) is 5.95 Å². The predicted octanol–water partition coefficient (Wildman–Crippen LogP) is 1.03. The van der Waals surface area contributed by atoms with Gasteiger partial charge in [0.05, 0.1) is 30.4 Å². The lowest BCUT2D eigenvalue weighted by Crippen LogP contribution is -2.34. The maximum Gasteiger partial charge on any atom is 0.337 e. The quantitative estimate of drug-likeness (QED) is 0.763. The minimum atomic E-state index is -2.99. The number of hydrogen-bond donors (Lipinski definition) is 1. The molecule has 1 unspecified atom stereocenters. The smallest absolute Gasteiger partial charge is 0.337 e. The standard InChI is InChI=1S/C16H19N5O4S/c1-21(13-7-8-26(23,24)10-13)16-19-14(9-17-20-16)18-12-5-3-11(4-6-12)15(22)25-2/h3-6,9,13H,7-8,10H2,1-2H3,(H,18,19,20). The van der Waals surface area contributed by atoms with Crippen LogP contribution < -0.4 is 10.2 Å². The Morgan fingerprint density at radius 3 is 2.65 bits per heavy atom. The van der Waals surface area contributed by atoms with Gasteiger partial charge in [-0.25, -0.2) is 13.2 Å². The summed E-state index contributed by atoms with van der Waals surface area (Å²) in [5.41, 5.74) is 1.16. The van der Waals surface area contributed by atoms with Gasteiger partial charge in [0.25, 0.3) is 0 Å². The third-order valence-corrected chi connectivity index (χ3v) is 5.95. The van der Waals surface area contributed by atoms with Crippen molar-refractivity contribution >= 4 is 33.3 Å². The zero-order chi connectivity index (χ0) is 18.7. The van der Waals surface area contributed by atoms with E-state index in [-0.39, 0.29) is 17.5 Å². The average molecular weight is 377 g/mol. The van der Waals surface area contributed by atoms with E-state index >= 15 is 0 Å². The number of ether oxygens (including phenoxy) is 1. The van der Waals surface area contributed by atoms with E-state index < -0.39 is 15.8 Å². The van der Waals surface area contributed by atoms with E-state index in [1.807, 2.05) is 0 Å².